The van der Waals surface area contributed by atoms with Crippen LogP contribution in [0.4, 0.5) is 5.95 Å². The summed E-state index contributed by atoms with van der Waals surface area (Å²) in [6, 6.07) is 11.8. The van der Waals surface area contributed by atoms with Gasteiger partial charge in [0.15, 0.2) is 23.2 Å². The van der Waals surface area contributed by atoms with Crippen molar-refractivity contribution in [2.24, 2.45) is 0 Å². The molecule has 48 heavy (non-hydrogen) atoms. The highest BCUT2D eigenvalue weighted by atomic mass is 31.2. The van der Waals surface area contributed by atoms with Gasteiger partial charge in [-0.25, -0.2) is 9.55 Å². The lowest BCUT2D eigenvalue weighted by Crippen LogP contribution is -2.42. The van der Waals surface area contributed by atoms with Gasteiger partial charge >= 0.3 is 13.7 Å². The van der Waals surface area contributed by atoms with Crippen LogP contribution in [0.3, 0.4) is 0 Å². The summed E-state index contributed by atoms with van der Waals surface area (Å²) in [6.07, 6.45) is 2.33. The second-order valence-electron chi connectivity index (χ2n) is 13.1. The summed E-state index contributed by atoms with van der Waals surface area (Å²) >= 11 is 0. The van der Waals surface area contributed by atoms with E-state index in [1.54, 1.807) is 37.5 Å². The molecule has 16 heteroatoms. The van der Waals surface area contributed by atoms with Crippen LogP contribution in [0.1, 0.15) is 59.6 Å². The van der Waals surface area contributed by atoms with E-state index in [0.29, 0.717) is 11.1 Å². The molecule has 256 valence electrons. The molecule has 2 aliphatic heterocycles. The van der Waals surface area contributed by atoms with Gasteiger partial charge in [0, 0.05) is 5.39 Å². The van der Waals surface area contributed by atoms with Crippen LogP contribution in [0.2, 0.25) is 0 Å². The number of esters is 1. The van der Waals surface area contributed by atoms with Gasteiger partial charge in [0.25, 0.3) is 5.56 Å². The standard InChI is InChI=1S/C32H39N6O9P/c1-18(28(40)43-20-12-6-7-13-20)37-48(41,46-22-15-9-11-19-10-5-8-14-21(19)22)42-16-23-25-32(4,47-31(2,3)45-25)29(44-23)38-17-34-24-26(38)35-30(33)36-27(24)39/h5,8-11,14-15,17-18,20,23,25,29H,6-7,12-13,16H2,1-4H3,(H,37,41)(H3,33,35,36,39)/t18-,23+,25+,29+,32+,48?/m0/s1. The van der Waals surface area contributed by atoms with Crippen LogP contribution < -0.4 is 20.9 Å². The van der Waals surface area contributed by atoms with Gasteiger partial charge in [-0.3, -0.25) is 23.7 Å². The predicted octanol–water partition coefficient (Wildman–Crippen LogP) is 4.33. The molecule has 2 aromatic carbocycles. The molecule has 0 radical (unpaired) electrons. The number of nitrogens with one attached hydrogen (secondary N) is 2. The summed E-state index contributed by atoms with van der Waals surface area (Å²) in [6.45, 7) is 6.61. The third-order valence-electron chi connectivity index (χ3n) is 8.94. The zero-order chi connectivity index (χ0) is 33.8. The highest BCUT2D eigenvalue weighted by Gasteiger charge is 2.64. The Bertz CT molecular complexity index is 1950. The number of carbonyl (C=O) groups is 1. The number of rotatable bonds is 10. The molecule has 4 aromatic rings. The number of nitrogens with two attached hydrogens (primary N) is 1. The number of fused-ring (bicyclic) bond motifs is 3. The Morgan fingerprint density at radius 3 is 2.73 bits per heavy atom. The minimum atomic E-state index is -4.30. The Kier molecular flexibility index (Phi) is 8.33. The van der Waals surface area contributed by atoms with Crippen molar-refractivity contribution in [3.8, 4) is 5.75 Å². The van der Waals surface area contributed by atoms with E-state index in [2.05, 4.69) is 20.0 Å². The van der Waals surface area contributed by atoms with E-state index < -0.39 is 55.1 Å². The number of imidazole rings is 1. The SMILES string of the molecule is C[C@H](NP(=O)(OC[C@H]1O[C@@H](n2cnc3c(=O)[nH]c(N)nc32)[C@]2(C)OC(C)(C)O[C@H]12)Oc1cccc2ccccc12)C(=O)OC1CCCC1. The van der Waals surface area contributed by atoms with Crippen LogP contribution >= 0.6 is 7.75 Å². The predicted molar refractivity (Wildman–Crippen MR) is 174 cm³/mol. The first kappa shape index (κ1) is 32.7. The smallest absolute Gasteiger partial charge is 0.459 e. The topological polar surface area (TPSA) is 191 Å². The van der Waals surface area contributed by atoms with E-state index in [1.807, 2.05) is 37.3 Å². The van der Waals surface area contributed by atoms with Gasteiger partial charge in [-0.05, 0) is 64.8 Å². The maximum absolute atomic E-state index is 14.6. The fourth-order valence-electron chi connectivity index (χ4n) is 6.85. The minimum absolute atomic E-state index is 0.0708. The number of nitrogens with zero attached hydrogens (tertiary/aromatic N) is 3. The molecule has 6 atom stereocenters. The second-order valence-corrected chi connectivity index (χ2v) is 14.8. The monoisotopic (exact) mass is 682 g/mol. The number of ether oxygens (including phenoxy) is 4. The molecule has 0 bridgehead atoms. The van der Waals surface area contributed by atoms with E-state index in [9.17, 15) is 14.2 Å². The Labute approximate surface area is 276 Å². The number of benzene rings is 2. The van der Waals surface area contributed by atoms with Gasteiger partial charge in [0.2, 0.25) is 5.95 Å². The lowest BCUT2D eigenvalue weighted by Gasteiger charge is -2.30. The maximum atomic E-state index is 14.6. The zero-order valence-electron chi connectivity index (χ0n) is 27.1. The van der Waals surface area contributed by atoms with Gasteiger partial charge in [-0.2, -0.15) is 10.1 Å². The van der Waals surface area contributed by atoms with Crippen molar-refractivity contribution in [3.05, 3.63) is 59.1 Å². The number of aromatic amines is 1. The lowest BCUT2D eigenvalue weighted by molar-refractivity contribution is -0.216. The molecule has 1 unspecified atom stereocenters. The van der Waals surface area contributed by atoms with Crippen molar-refractivity contribution in [3.63, 3.8) is 0 Å². The zero-order valence-corrected chi connectivity index (χ0v) is 28.0. The number of anilines is 1. The summed E-state index contributed by atoms with van der Waals surface area (Å²) in [5.74, 6) is -1.37. The van der Waals surface area contributed by atoms with Crippen LogP contribution in [-0.2, 0) is 32.8 Å². The highest BCUT2D eigenvalue weighted by molar-refractivity contribution is 7.52. The average Bonchev–Trinajstić information content (AvgIpc) is 3.79. The number of hydrogen-bond donors (Lipinski definition) is 3. The molecule has 3 fully saturated rings. The normalized spacial score (nSPS) is 27.2. The Balaban J connectivity index is 1.18. The maximum Gasteiger partial charge on any atom is 0.459 e. The molecular weight excluding hydrogens is 643 g/mol. The number of H-pyrrole nitrogens is 1. The van der Waals surface area contributed by atoms with Gasteiger partial charge in [-0.1, -0.05) is 36.4 Å². The fraction of sp³-hybridized carbons (Fsp3) is 0.500. The first-order valence-electron chi connectivity index (χ1n) is 16.0. The molecule has 7 rings (SSSR count). The van der Waals surface area contributed by atoms with Crippen molar-refractivity contribution in [2.75, 3.05) is 12.3 Å². The summed E-state index contributed by atoms with van der Waals surface area (Å²) in [5, 5.41) is 4.37. The van der Waals surface area contributed by atoms with E-state index in [1.165, 1.54) is 6.33 Å². The van der Waals surface area contributed by atoms with Gasteiger partial charge in [0.05, 0.1) is 12.9 Å². The molecule has 4 heterocycles. The first-order chi connectivity index (χ1) is 22.8. The molecule has 1 saturated carbocycles. The lowest BCUT2D eigenvalue weighted by atomic mass is 9.96. The third-order valence-corrected chi connectivity index (χ3v) is 10.6. The van der Waals surface area contributed by atoms with Crippen LogP contribution in [0.5, 0.6) is 5.75 Å². The van der Waals surface area contributed by atoms with Crippen molar-refractivity contribution in [1.29, 1.82) is 0 Å². The first-order valence-corrected chi connectivity index (χ1v) is 17.5. The van der Waals surface area contributed by atoms with E-state index in [0.717, 1.165) is 31.1 Å². The molecule has 3 aliphatic rings. The van der Waals surface area contributed by atoms with Gasteiger partial charge < -0.3 is 29.2 Å². The van der Waals surface area contributed by atoms with Crippen LogP contribution in [0, 0.1) is 0 Å². The number of carbonyl (C=O) groups excluding carboxylic acids is 1. The summed E-state index contributed by atoms with van der Waals surface area (Å²) in [7, 11) is -4.30. The summed E-state index contributed by atoms with van der Waals surface area (Å²) < 4.78 is 53.3. The molecule has 2 aromatic heterocycles. The van der Waals surface area contributed by atoms with Crippen LogP contribution in [0.15, 0.2) is 53.6 Å². The summed E-state index contributed by atoms with van der Waals surface area (Å²) in [5.41, 5.74) is 4.48. The second kappa shape index (κ2) is 12.2. The molecule has 2 saturated heterocycles. The number of aromatic nitrogens is 4. The largest absolute Gasteiger partial charge is 0.461 e. The van der Waals surface area contributed by atoms with Crippen molar-refractivity contribution in [1.82, 2.24) is 24.6 Å². The van der Waals surface area contributed by atoms with E-state index >= 15 is 0 Å². The number of nitrogen functional groups attached to an aromatic ring is 1. The Morgan fingerprint density at radius 2 is 1.94 bits per heavy atom. The molecular formula is C32H39N6O9P. The Morgan fingerprint density at radius 1 is 1.19 bits per heavy atom. The van der Waals surface area contributed by atoms with Crippen molar-refractivity contribution < 1.29 is 37.4 Å². The molecule has 0 amide bonds. The molecule has 15 nitrogen and oxygen atoms in total. The average molecular weight is 683 g/mol. The third kappa shape index (κ3) is 6.10. The van der Waals surface area contributed by atoms with E-state index in [4.69, 9.17) is 33.7 Å². The highest BCUT2D eigenvalue weighted by Crippen LogP contribution is 2.53. The minimum Gasteiger partial charge on any atom is -0.461 e. The van der Waals surface area contributed by atoms with Crippen LogP contribution in [-0.4, -0.2) is 67.8 Å². The van der Waals surface area contributed by atoms with E-state index in [-0.39, 0.29) is 29.8 Å². The quantitative estimate of drug-likeness (QED) is 0.158. The van der Waals surface area contributed by atoms with Crippen molar-refractivity contribution >= 4 is 41.6 Å². The molecule has 4 N–H and O–H groups in total. The summed E-state index contributed by atoms with van der Waals surface area (Å²) in [4.78, 5) is 36.6. The van der Waals surface area contributed by atoms with Gasteiger partial charge in [0.1, 0.15) is 35.7 Å². The van der Waals surface area contributed by atoms with Crippen LogP contribution in [0.25, 0.3) is 21.9 Å². The number of hydrogen-bond acceptors (Lipinski definition) is 12. The molecule has 1 aliphatic carbocycles. The van der Waals surface area contributed by atoms with Gasteiger partial charge in [-0.15, -0.1) is 0 Å². The molecule has 0 spiro atoms. The Hall–Kier alpha value is -3.85. The fourth-order valence-corrected chi connectivity index (χ4v) is 8.38. The van der Waals surface area contributed by atoms with Crippen molar-refractivity contribution in [2.45, 2.75) is 95.3 Å².